The molecule has 0 spiro atoms. The molecule has 0 saturated heterocycles. The van der Waals surface area contributed by atoms with Crippen LogP contribution in [0.15, 0.2) is 22.8 Å². The lowest BCUT2D eigenvalue weighted by molar-refractivity contribution is -0.134. The first-order valence-electron chi connectivity index (χ1n) is 7.60. The standard InChI is InChI=1S/C18H25NO2/c1-11(2)19(12(3)4)17(20)9-15-10-21-18-14(6)13(5)7-8-16(15)18/h7-8,10-12H,9H2,1-6H3. The molecule has 2 aromatic rings. The number of benzene rings is 1. The van der Waals surface area contributed by atoms with E-state index in [2.05, 4.69) is 53.7 Å². The van der Waals surface area contributed by atoms with Gasteiger partial charge in [-0.25, -0.2) is 0 Å². The number of hydrogen-bond donors (Lipinski definition) is 0. The SMILES string of the molecule is Cc1ccc2c(CC(=O)N(C(C)C)C(C)C)coc2c1C. The normalized spacial score (nSPS) is 11.6. The van der Waals surface area contributed by atoms with Crippen molar-refractivity contribution in [3.05, 3.63) is 35.1 Å². The van der Waals surface area contributed by atoms with E-state index in [1.807, 2.05) is 4.90 Å². The molecule has 3 nitrogen and oxygen atoms in total. The van der Waals surface area contributed by atoms with Gasteiger partial charge in [0.2, 0.25) is 5.91 Å². The molecule has 0 atom stereocenters. The van der Waals surface area contributed by atoms with Crippen molar-refractivity contribution in [3.63, 3.8) is 0 Å². The first-order chi connectivity index (χ1) is 9.82. The molecule has 0 saturated carbocycles. The Balaban J connectivity index is 2.32. The molecule has 0 N–H and O–H groups in total. The largest absolute Gasteiger partial charge is 0.464 e. The van der Waals surface area contributed by atoms with E-state index in [0.29, 0.717) is 6.42 Å². The molecule has 1 amide bonds. The zero-order valence-electron chi connectivity index (χ0n) is 13.9. The molecule has 2 rings (SSSR count). The van der Waals surface area contributed by atoms with Crippen LogP contribution in [0.25, 0.3) is 11.0 Å². The van der Waals surface area contributed by atoms with E-state index in [-0.39, 0.29) is 18.0 Å². The fourth-order valence-electron chi connectivity index (χ4n) is 2.95. The predicted molar refractivity (Wildman–Crippen MR) is 86.5 cm³/mol. The summed E-state index contributed by atoms with van der Waals surface area (Å²) in [5, 5.41) is 1.05. The molecule has 1 aromatic heterocycles. The van der Waals surface area contributed by atoms with Crippen molar-refractivity contribution in [1.82, 2.24) is 4.90 Å². The maximum absolute atomic E-state index is 12.6. The van der Waals surface area contributed by atoms with Gasteiger partial charge in [0.05, 0.1) is 12.7 Å². The Bertz CT molecular complexity index is 645. The number of hydrogen-bond acceptors (Lipinski definition) is 2. The lowest BCUT2D eigenvalue weighted by atomic mass is 10.0. The van der Waals surface area contributed by atoms with Gasteiger partial charge in [-0.05, 0) is 52.7 Å². The summed E-state index contributed by atoms with van der Waals surface area (Å²) in [5.74, 6) is 0.154. The summed E-state index contributed by atoms with van der Waals surface area (Å²) in [7, 11) is 0. The van der Waals surface area contributed by atoms with Crippen LogP contribution in [-0.4, -0.2) is 22.9 Å². The van der Waals surface area contributed by atoms with Crippen LogP contribution >= 0.6 is 0 Å². The van der Waals surface area contributed by atoms with Gasteiger partial charge in [-0.1, -0.05) is 12.1 Å². The van der Waals surface area contributed by atoms with Crippen molar-refractivity contribution < 1.29 is 9.21 Å². The number of carbonyl (C=O) groups excluding carboxylic acids is 1. The lowest BCUT2D eigenvalue weighted by Gasteiger charge is -2.30. The van der Waals surface area contributed by atoms with E-state index >= 15 is 0 Å². The summed E-state index contributed by atoms with van der Waals surface area (Å²) in [5.41, 5.74) is 4.24. The average molecular weight is 287 g/mol. The van der Waals surface area contributed by atoms with Crippen LogP contribution in [0.2, 0.25) is 0 Å². The van der Waals surface area contributed by atoms with Gasteiger partial charge in [-0.15, -0.1) is 0 Å². The molecule has 0 bridgehead atoms. The molecular formula is C18H25NO2. The van der Waals surface area contributed by atoms with Crippen LogP contribution in [0.1, 0.15) is 44.4 Å². The quantitative estimate of drug-likeness (QED) is 0.843. The second-order valence-electron chi connectivity index (χ2n) is 6.31. The zero-order chi connectivity index (χ0) is 15.7. The number of nitrogens with zero attached hydrogens (tertiary/aromatic N) is 1. The Morgan fingerprint density at radius 1 is 1.14 bits per heavy atom. The van der Waals surface area contributed by atoms with Gasteiger partial charge in [0.25, 0.3) is 0 Å². The van der Waals surface area contributed by atoms with Crippen LogP contribution in [0.4, 0.5) is 0 Å². The van der Waals surface area contributed by atoms with Crippen LogP contribution in [-0.2, 0) is 11.2 Å². The molecule has 21 heavy (non-hydrogen) atoms. The Labute approximate surface area is 126 Å². The van der Waals surface area contributed by atoms with Crippen molar-refractivity contribution in [1.29, 1.82) is 0 Å². The van der Waals surface area contributed by atoms with Crippen molar-refractivity contribution in [3.8, 4) is 0 Å². The highest BCUT2D eigenvalue weighted by molar-refractivity contribution is 5.89. The second kappa shape index (κ2) is 5.92. The number of carbonyl (C=O) groups is 1. The second-order valence-corrected chi connectivity index (χ2v) is 6.31. The van der Waals surface area contributed by atoms with Gasteiger partial charge in [-0.2, -0.15) is 0 Å². The monoisotopic (exact) mass is 287 g/mol. The first-order valence-corrected chi connectivity index (χ1v) is 7.60. The van der Waals surface area contributed by atoms with Crippen LogP contribution in [0.5, 0.6) is 0 Å². The van der Waals surface area contributed by atoms with E-state index in [1.54, 1.807) is 6.26 Å². The minimum absolute atomic E-state index is 0.154. The van der Waals surface area contributed by atoms with Crippen LogP contribution in [0, 0.1) is 13.8 Å². The van der Waals surface area contributed by atoms with E-state index in [4.69, 9.17) is 4.42 Å². The summed E-state index contributed by atoms with van der Waals surface area (Å²) in [6.45, 7) is 12.3. The van der Waals surface area contributed by atoms with E-state index in [1.165, 1.54) is 5.56 Å². The minimum Gasteiger partial charge on any atom is -0.464 e. The van der Waals surface area contributed by atoms with Crippen molar-refractivity contribution in [2.75, 3.05) is 0 Å². The zero-order valence-corrected chi connectivity index (χ0v) is 13.9. The highest BCUT2D eigenvalue weighted by Crippen LogP contribution is 2.27. The summed E-state index contributed by atoms with van der Waals surface area (Å²) in [6, 6.07) is 4.56. The fraction of sp³-hybridized carbons (Fsp3) is 0.500. The van der Waals surface area contributed by atoms with Gasteiger partial charge in [0, 0.05) is 23.0 Å². The number of fused-ring (bicyclic) bond motifs is 1. The highest BCUT2D eigenvalue weighted by Gasteiger charge is 2.22. The number of aryl methyl sites for hydroxylation is 2. The van der Waals surface area contributed by atoms with Crippen LogP contribution in [0.3, 0.4) is 0 Å². The topological polar surface area (TPSA) is 33.5 Å². The molecule has 114 valence electrons. The first kappa shape index (κ1) is 15.6. The third-order valence-electron chi connectivity index (χ3n) is 4.08. The van der Waals surface area contributed by atoms with Gasteiger partial charge in [0.15, 0.2) is 0 Å². The van der Waals surface area contributed by atoms with E-state index < -0.39 is 0 Å². The molecule has 0 aliphatic heterocycles. The average Bonchev–Trinajstić information content (AvgIpc) is 2.76. The van der Waals surface area contributed by atoms with Crippen molar-refractivity contribution in [2.45, 2.75) is 60.0 Å². The third kappa shape index (κ3) is 2.97. The van der Waals surface area contributed by atoms with Gasteiger partial charge >= 0.3 is 0 Å². The molecule has 1 aromatic carbocycles. The van der Waals surface area contributed by atoms with Gasteiger partial charge < -0.3 is 9.32 Å². The van der Waals surface area contributed by atoms with Gasteiger partial charge in [-0.3, -0.25) is 4.79 Å². The molecule has 1 heterocycles. The van der Waals surface area contributed by atoms with Crippen molar-refractivity contribution in [2.24, 2.45) is 0 Å². The number of amides is 1. The Kier molecular flexibility index (Phi) is 4.40. The minimum atomic E-state index is 0.154. The highest BCUT2D eigenvalue weighted by atomic mass is 16.3. The number of rotatable bonds is 4. The van der Waals surface area contributed by atoms with E-state index in [9.17, 15) is 4.79 Å². The fourth-order valence-corrected chi connectivity index (χ4v) is 2.95. The maximum Gasteiger partial charge on any atom is 0.227 e. The Morgan fingerprint density at radius 3 is 2.33 bits per heavy atom. The van der Waals surface area contributed by atoms with Crippen LogP contribution < -0.4 is 0 Å². The molecule has 0 radical (unpaired) electrons. The van der Waals surface area contributed by atoms with Gasteiger partial charge in [0.1, 0.15) is 5.58 Å². The maximum atomic E-state index is 12.6. The molecular weight excluding hydrogens is 262 g/mol. The summed E-state index contributed by atoms with van der Waals surface area (Å²) < 4.78 is 5.69. The summed E-state index contributed by atoms with van der Waals surface area (Å²) in [4.78, 5) is 14.5. The molecule has 0 unspecified atom stereocenters. The summed E-state index contributed by atoms with van der Waals surface area (Å²) in [6.07, 6.45) is 2.12. The summed E-state index contributed by atoms with van der Waals surface area (Å²) >= 11 is 0. The van der Waals surface area contributed by atoms with Crippen molar-refractivity contribution >= 4 is 16.9 Å². The number of furan rings is 1. The third-order valence-corrected chi connectivity index (χ3v) is 4.08. The molecule has 0 fully saturated rings. The molecule has 0 aliphatic carbocycles. The molecule has 3 heteroatoms. The Hall–Kier alpha value is -1.77. The smallest absolute Gasteiger partial charge is 0.227 e. The predicted octanol–water partition coefficient (Wildman–Crippen LogP) is 4.24. The van der Waals surface area contributed by atoms with E-state index in [0.717, 1.165) is 22.1 Å². The Morgan fingerprint density at radius 2 is 1.76 bits per heavy atom. The lowest BCUT2D eigenvalue weighted by Crippen LogP contribution is -2.42. The molecule has 0 aliphatic rings.